The summed E-state index contributed by atoms with van der Waals surface area (Å²) in [5.74, 6) is 1.80. The van der Waals surface area contributed by atoms with Crippen molar-refractivity contribution in [3.63, 3.8) is 0 Å². The van der Waals surface area contributed by atoms with Gasteiger partial charge in [0.1, 0.15) is 7.11 Å². The predicted octanol–water partition coefficient (Wildman–Crippen LogP) is 2.86. The summed E-state index contributed by atoms with van der Waals surface area (Å²) in [7, 11) is 1.59. The molecule has 0 bridgehead atoms. The molecule has 0 N–H and O–H groups in total. The quantitative estimate of drug-likeness (QED) is 0.364. The fraction of sp³-hybridized carbons (Fsp3) is 0.727. The van der Waals surface area contributed by atoms with E-state index in [1.54, 1.807) is 7.11 Å². The first-order valence-electron chi connectivity index (χ1n) is 4.89. The molecule has 0 aromatic rings. The molecule has 74 valence electrons. The van der Waals surface area contributed by atoms with E-state index < -0.39 is 0 Å². The van der Waals surface area contributed by atoms with Crippen molar-refractivity contribution in [1.29, 1.82) is 0 Å². The molecule has 3 atom stereocenters. The molecular formula is C11H19NO. The third-order valence-electron chi connectivity index (χ3n) is 2.79. The molecule has 3 unspecified atom stereocenters. The SMILES string of the molecule is CO/N=C/C1C(C)C=C(C)CC1C. The van der Waals surface area contributed by atoms with Crippen molar-refractivity contribution in [1.82, 2.24) is 0 Å². The van der Waals surface area contributed by atoms with Crippen molar-refractivity contribution in [3.05, 3.63) is 11.6 Å². The largest absolute Gasteiger partial charge is 0.399 e. The highest BCUT2D eigenvalue weighted by Gasteiger charge is 2.25. The van der Waals surface area contributed by atoms with Crippen molar-refractivity contribution in [2.24, 2.45) is 22.9 Å². The zero-order chi connectivity index (χ0) is 9.84. The molecule has 0 spiro atoms. The molecule has 0 saturated heterocycles. The van der Waals surface area contributed by atoms with Gasteiger partial charge in [0.2, 0.25) is 0 Å². The Labute approximate surface area is 80.7 Å². The lowest BCUT2D eigenvalue weighted by Crippen LogP contribution is -2.24. The van der Waals surface area contributed by atoms with Gasteiger partial charge in [-0.05, 0) is 25.2 Å². The summed E-state index contributed by atoms with van der Waals surface area (Å²) in [6.07, 6.45) is 5.47. The molecule has 0 saturated carbocycles. The van der Waals surface area contributed by atoms with Crippen LogP contribution in [0.3, 0.4) is 0 Å². The molecular weight excluding hydrogens is 162 g/mol. The molecule has 1 aliphatic carbocycles. The van der Waals surface area contributed by atoms with Crippen LogP contribution >= 0.6 is 0 Å². The van der Waals surface area contributed by atoms with Crippen molar-refractivity contribution in [2.75, 3.05) is 7.11 Å². The van der Waals surface area contributed by atoms with E-state index in [0.717, 1.165) is 0 Å². The van der Waals surface area contributed by atoms with Gasteiger partial charge in [-0.15, -0.1) is 0 Å². The first kappa shape index (κ1) is 10.3. The second-order valence-corrected chi connectivity index (χ2v) is 4.07. The van der Waals surface area contributed by atoms with Crippen LogP contribution in [0.2, 0.25) is 0 Å². The van der Waals surface area contributed by atoms with Crippen LogP contribution in [-0.4, -0.2) is 13.3 Å². The van der Waals surface area contributed by atoms with Gasteiger partial charge < -0.3 is 4.84 Å². The molecule has 0 heterocycles. The van der Waals surface area contributed by atoms with Gasteiger partial charge in [-0.3, -0.25) is 0 Å². The molecule has 1 rings (SSSR count). The van der Waals surface area contributed by atoms with E-state index in [0.29, 0.717) is 17.8 Å². The van der Waals surface area contributed by atoms with Crippen molar-refractivity contribution in [2.45, 2.75) is 27.2 Å². The fourth-order valence-electron chi connectivity index (χ4n) is 2.20. The molecule has 2 nitrogen and oxygen atoms in total. The van der Waals surface area contributed by atoms with Gasteiger partial charge in [-0.2, -0.15) is 0 Å². The highest BCUT2D eigenvalue weighted by molar-refractivity contribution is 5.61. The summed E-state index contributed by atoms with van der Waals surface area (Å²) >= 11 is 0. The minimum absolute atomic E-state index is 0.531. The lowest BCUT2D eigenvalue weighted by Gasteiger charge is -2.29. The van der Waals surface area contributed by atoms with E-state index in [1.165, 1.54) is 12.0 Å². The summed E-state index contributed by atoms with van der Waals surface area (Å²) in [5.41, 5.74) is 1.50. The summed E-state index contributed by atoms with van der Waals surface area (Å²) in [4.78, 5) is 4.72. The third-order valence-corrected chi connectivity index (χ3v) is 2.79. The van der Waals surface area contributed by atoms with Crippen LogP contribution in [0.25, 0.3) is 0 Å². The monoisotopic (exact) mass is 181 g/mol. The summed E-state index contributed by atoms with van der Waals surface area (Å²) in [6.45, 7) is 6.72. The number of hydrogen-bond acceptors (Lipinski definition) is 2. The number of allylic oxidation sites excluding steroid dienone is 2. The van der Waals surface area contributed by atoms with E-state index in [-0.39, 0.29) is 0 Å². The predicted molar refractivity (Wildman–Crippen MR) is 55.7 cm³/mol. The second-order valence-electron chi connectivity index (χ2n) is 4.07. The fourth-order valence-corrected chi connectivity index (χ4v) is 2.20. The third kappa shape index (κ3) is 2.58. The lowest BCUT2D eigenvalue weighted by molar-refractivity contribution is 0.209. The molecule has 13 heavy (non-hydrogen) atoms. The van der Waals surface area contributed by atoms with Gasteiger partial charge in [0.25, 0.3) is 0 Å². The maximum absolute atomic E-state index is 4.72. The first-order valence-corrected chi connectivity index (χ1v) is 4.89. The molecule has 2 heteroatoms. The Balaban J connectivity index is 2.68. The minimum Gasteiger partial charge on any atom is -0.399 e. The Morgan fingerprint density at radius 2 is 2.23 bits per heavy atom. The molecule has 0 fully saturated rings. The highest BCUT2D eigenvalue weighted by atomic mass is 16.6. The van der Waals surface area contributed by atoms with Crippen LogP contribution < -0.4 is 0 Å². The average molecular weight is 181 g/mol. The smallest absolute Gasteiger partial charge is 0.106 e. The number of oxime groups is 1. The maximum Gasteiger partial charge on any atom is 0.106 e. The Bertz CT molecular complexity index is 220. The summed E-state index contributed by atoms with van der Waals surface area (Å²) in [6, 6.07) is 0. The highest BCUT2D eigenvalue weighted by Crippen LogP contribution is 2.32. The molecule has 1 aliphatic rings. The van der Waals surface area contributed by atoms with Crippen LogP contribution in [0.1, 0.15) is 27.2 Å². The molecule has 0 aliphatic heterocycles. The Hall–Kier alpha value is -0.790. The van der Waals surface area contributed by atoms with Gasteiger partial charge in [0.05, 0.1) is 0 Å². The van der Waals surface area contributed by atoms with Crippen molar-refractivity contribution >= 4 is 6.21 Å². The molecule has 0 aromatic heterocycles. The van der Waals surface area contributed by atoms with Gasteiger partial charge in [-0.25, -0.2) is 0 Å². The molecule has 0 amide bonds. The molecule has 0 aromatic carbocycles. The number of rotatable bonds is 2. The van der Waals surface area contributed by atoms with Gasteiger partial charge in [0, 0.05) is 12.1 Å². The second kappa shape index (κ2) is 4.45. The minimum atomic E-state index is 0.531. The van der Waals surface area contributed by atoms with E-state index in [4.69, 9.17) is 4.84 Å². The normalized spacial score (nSPS) is 34.8. The topological polar surface area (TPSA) is 21.6 Å². The number of hydrogen-bond donors (Lipinski definition) is 0. The maximum atomic E-state index is 4.72. The van der Waals surface area contributed by atoms with Crippen molar-refractivity contribution < 1.29 is 4.84 Å². The van der Waals surface area contributed by atoms with Crippen LogP contribution in [-0.2, 0) is 4.84 Å². The summed E-state index contributed by atoms with van der Waals surface area (Å²) in [5, 5.41) is 3.87. The first-order chi connectivity index (χ1) is 6.15. The molecule has 0 radical (unpaired) electrons. The summed E-state index contributed by atoms with van der Waals surface area (Å²) < 4.78 is 0. The average Bonchev–Trinajstić information content (AvgIpc) is 2.02. The van der Waals surface area contributed by atoms with E-state index in [9.17, 15) is 0 Å². The lowest BCUT2D eigenvalue weighted by atomic mass is 9.76. The number of nitrogens with zero attached hydrogens (tertiary/aromatic N) is 1. The Morgan fingerprint density at radius 3 is 2.77 bits per heavy atom. The van der Waals surface area contributed by atoms with Gasteiger partial charge in [0.15, 0.2) is 0 Å². The van der Waals surface area contributed by atoms with E-state index in [2.05, 4.69) is 32.0 Å². The van der Waals surface area contributed by atoms with Gasteiger partial charge in [-0.1, -0.05) is 30.7 Å². The zero-order valence-corrected chi connectivity index (χ0v) is 8.95. The standard InChI is InChI=1S/C11H19NO/c1-8-5-9(2)11(7-12-13-4)10(3)6-8/h5,7,9-11H,6H2,1-4H3/b12-7+. The van der Waals surface area contributed by atoms with Crippen LogP contribution in [0, 0.1) is 17.8 Å². The van der Waals surface area contributed by atoms with Gasteiger partial charge >= 0.3 is 0 Å². The van der Waals surface area contributed by atoms with Crippen LogP contribution in [0.15, 0.2) is 16.8 Å². The van der Waals surface area contributed by atoms with Crippen LogP contribution in [0.4, 0.5) is 0 Å². The van der Waals surface area contributed by atoms with Crippen LogP contribution in [0.5, 0.6) is 0 Å². The van der Waals surface area contributed by atoms with E-state index >= 15 is 0 Å². The zero-order valence-electron chi connectivity index (χ0n) is 8.95. The van der Waals surface area contributed by atoms with E-state index in [1.807, 2.05) is 6.21 Å². The Morgan fingerprint density at radius 1 is 1.54 bits per heavy atom. The van der Waals surface area contributed by atoms with Crippen molar-refractivity contribution in [3.8, 4) is 0 Å². The Kier molecular flexibility index (Phi) is 3.52.